The lowest BCUT2D eigenvalue weighted by Gasteiger charge is -2.06. The minimum atomic E-state index is -0.882. The van der Waals surface area contributed by atoms with Crippen LogP contribution in [-0.2, 0) is 0 Å². The number of aryl methyl sites for hydroxylation is 1. The van der Waals surface area contributed by atoms with Crippen LogP contribution in [0.25, 0.3) is 11.1 Å². The zero-order valence-corrected chi connectivity index (χ0v) is 10.8. The van der Waals surface area contributed by atoms with Gasteiger partial charge in [0.2, 0.25) is 0 Å². The van der Waals surface area contributed by atoms with Crippen LogP contribution in [0.4, 0.5) is 0 Å². The monoisotopic (exact) mass is 243 g/mol. The van der Waals surface area contributed by atoms with Crippen LogP contribution in [-0.4, -0.2) is 15.6 Å². The van der Waals surface area contributed by atoms with Gasteiger partial charge in [0.1, 0.15) is 0 Å². The number of benzene rings is 1. The van der Waals surface area contributed by atoms with Crippen LogP contribution in [0.3, 0.4) is 0 Å². The topological polar surface area (TPSA) is 42.2 Å². The summed E-state index contributed by atoms with van der Waals surface area (Å²) in [5.41, 5.74) is 3.21. The van der Waals surface area contributed by atoms with Crippen LogP contribution in [0.2, 0.25) is 0 Å². The van der Waals surface area contributed by atoms with Crippen molar-refractivity contribution in [3.05, 3.63) is 47.8 Å². The Hall–Kier alpha value is -2.03. The van der Waals surface area contributed by atoms with Crippen molar-refractivity contribution in [1.82, 2.24) is 4.57 Å². The first kappa shape index (κ1) is 12.4. The summed E-state index contributed by atoms with van der Waals surface area (Å²) in [6, 6.07) is 8.09. The Balaban J connectivity index is 2.63. The van der Waals surface area contributed by atoms with E-state index in [0.717, 1.165) is 16.7 Å². The smallest absolute Gasteiger partial charge is 0.337 e. The molecule has 0 saturated carbocycles. The van der Waals surface area contributed by atoms with Gasteiger partial charge in [0.15, 0.2) is 0 Å². The lowest BCUT2D eigenvalue weighted by Crippen LogP contribution is -1.98. The van der Waals surface area contributed by atoms with Crippen molar-refractivity contribution in [3.63, 3.8) is 0 Å². The summed E-state index contributed by atoms with van der Waals surface area (Å²) >= 11 is 0. The van der Waals surface area contributed by atoms with Crippen molar-refractivity contribution in [2.24, 2.45) is 0 Å². The first-order valence-corrected chi connectivity index (χ1v) is 6.01. The Morgan fingerprint density at radius 3 is 2.39 bits per heavy atom. The molecule has 1 aromatic heterocycles. The van der Waals surface area contributed by atoms with Crippen molar-refractivity contribution < 1.29 is 9.90 Å². The number of carboxylic acid groups (broad SMARTS) is 1. The lowest BCUT2D eigenvalue weighted by molar-refractivity contribution is 0.0697. The van der Waals surface area contributed by atoms with Gasteiger partial charge in [-0.25, -0.2) is 4.79 Å². The van der Waals surface area contributed by atoms with Gasteiger partial charge in [-0.05, 0) is 31.9 Å². The van der Waals surface area contributed by atoms with Crippen molar-refractivity contribution in [2.75, 3.05) is 0 Å². The Bertz CT molecular complexity index is 582. The van der Waals surface area contributed by atoms with E-state index in [0.29, 0.717) is 5.56 Å². The highest BCUT2D eigenvalue weighted by Crippen LogP contribution is 2.29. The molecule has 3 heteroatoms. The molecule has 0 aliphatic heterocycles. The fourth-order valence-corrected chi connectivity index (χ4v) is 2.03. The zero-order valence-electron chi connectivity index (χ0n) is 10.8. The number of carboxylic acids is 1. The lowest BCUT2D eigenvalue weighted by atomic mass is 10.00. The van der Waals surface area contributed by atoms with E-state index >= 15 is 0 Å². The molecule has 1 heterocycles. The van der Waals surface area contributed by atoms with Crippen LogP contribution >= 0.6 is 0 Å². The van der Waals surface area contributed by atoms with Crippen molar-refractivity contribution in [2.45, 2.75) is 26.8 Å². The molecule has 0 spiro atoms. The van der Waals surface area contributed by atoms with E-state index in [4.69, 9.17) is 0 Å². The first-order valence-electron chi connectivity index (χ1n) is 6.01. The van der Waals surface area contributed by atoms with E-state index in [1.165, 1.54) is 0 Å². The van der Waals surface area contributed by atoms with E-state index in [1.807, 2.05) is 55.8 Å². The summed E-state index contributed by atoms with van der Waals surface area (Å²) in [5.74, 6) is -0.882. The highest BCUT2D eigenvalue weighted by Gasteiger charge is 2.16. The van der Waals surface area contributed by atoms with Gasteiger partial charge in [-0.1, -0.05) is 24.3 Å². The molecule has 18 heavy (non-hydrogen) atoms. The number of rotatable bonds is 3. The van der Waals surface area contributed by atoms with Gasteiger partial charge in [0.05, 0.1) is 5.56 Å². The minimum Gasteiger partial charge on any atom is -0.478 e. The molecule has 0 saturated heterocycles. The summed E-state index contributed by atoms with van der Waals surface area (Å²) in [7, 11) is 0. The van der Waals surface area contributed by atoms with E-state index in [2.05, 4.69) is 0 Å². The fraction of sp³-hybridized carbons (Fsp3) is 0.267. The molecule has 2 rings (SSSR count). The zero-order chi connectivity index (χ0) is 13.3. The van der Waals surface area contributed by atoms with Gasteiger partial charge in [-0.2, -0.15) is 0 Å². The number of carbonyl (C=O) groups is 1. The molecule has 1 aromatic carbocycles. The van der Waals surface area contributed by atoms with Crippen LogP contribution in [0.15, 0.2) is 36.7 Å². The van der Waals surface area contributed by atoms with Crippen LogP contribution in [0, 0.1) is 6.92 Å². The van der Waals surface area contributed by atoms with Gasteiger partial charge in [0.25, 0.3) is 0 Å². The van der Waals surface area contributed by atoms with Gasteiger partial charge in [-0.3, -0.25) is 0 Å². The third-order valence-electron chi connectivity index (χ3n) is 3.11. The third-order valence-corrected chi connectivity index (χ3v) is 3.11. The van der Waals surface area contributed by atoms with E-state index < -0.39 is 5.97 Å². The van der Waals surface area contributed by atoms with Gasteiger partial charge in [0, 0.05) is 24.0 Å². The average molecular weight is 243 g/mol. The first-order chi connectivity index (χ1) is 8.50. The molecular formula is C15H17NO2. The maximum Gasteiger partial charge on any atom is 0.337 e. The van der Waals surface area contributed by atoms with Crippen LogP contribution in [0.1, 0.15) is 35.8 Å². The molecule has 94 valence electrons. The predicted octanol–water partition coefficient (Wildman–Crippen LogP) is 3.74. The number of hydrogen-bond acceptors (Lipinski definition) is 1. The predicted molar refractivity (Wildman–Crippen MR) is 71.9 cm³/mol. The molecule has 0 aliphatic rings. The summed E-state index contributed by atoms with van der Waals surface area (Å²) in [5, 5.41) is 9.30. The van der Waals surface area contributed by atoms with E-state index in [-0.39, 0.29) is 6.04 Å². The summed E-state index contributed by atoms with van der Waals surface area (Å²) in [6.45, 7) is 6.06. The molecule has 0 fully saturated rings. The number of nitrogens with zero attached hydrogens (tertiary/aromatic N) is 1. The molecule has 0 atom stereocenters. The molecule has 3 nitrogen and oxygen atoms in total. The van der Waals surface area contributed by atoms with Gasteiger partial charge < -0.3 is 9.67 Å². The van der Waals surface area contributed by atoms with Crippen molar-refractivity contribution >= 4 is 5.97 Å². The maximum atomic E-state index is 11.3. The Kier molecular flexibility index (Phi) is 3.24. The molecular weight excluding hydrogens is 226 g/mol. The average Bonchev–Trinajstić information content (AvgIpc) is 2.74. The van der Waals surface area contributed by atoms with Crippen LogP contribution in [0.5, 0.6) is 0 Å². The maximum absolute atomic E-state index is 11.3. The Morgan fingerprint density at radius 2 is 1.83 bits per heavy atom. The molecule has 2 aromatic rings. The SMILES string of the molecule is Cc1ccccc1-c1cn(C(C)C)cc1C(=O)O. The third kappa shape index (κ3) is 2.16. The van der Waals surface area contributed by atoms with Gasteiger partial charge >= 0.3 is 5.97 Å². The van der Waals surface area contributed by atoms with E-state index in [9.17, 15) is 9.90 Å². The molecule has 0 unspecified atom stereocenters. The molecule has 0 bridgehead atoms. The van der Waals surface area contributed by atoms with E-state index in [1.54, 1.807) is 6.20 Å². The van der Waals surface area contributed by atoms with Gasteiger partial charge in [-0.15, -0.1) is 0 Å². The standard InChI is InChI=1S/C15H17NO2/c1-10(2)16-8-13(14(9-16)15(17)18)12-7-5-4-6-11(12)3/h4-10H,1-3H3,(H,17,18). The summed E-state index contributed by atoms with van der Waals surface area (Å²) in [4.78, 5) is 11.3. The number of aromatic carboxylic acids is 1. The largest absolute Gasteiger partial charge is 0.478 e. The Morgan fingerprint density at radius 1 is 1.17 bits per heavy atom. The molecule has 0 amide bonds. The van der Waals surface area contributed by atoms with Crippen LogP contribution < -0.4 is 0 Å². The molecule has 1 N–H and O–H groups in total. The number of aromatic nitrogens is 1. The second-order valence-electron chi connectivity index (χ2n) is 4.75. The minimum absolute atomic E-state index is 0.251. The summed E-state index contributed by atoms with van der Waals surface area (Å²) < 4.78 is 1.94. The second kappa shape index (κ2) is 4.69. The second-order valence-corrected chi connectivity index (χ2v) is 4.75. The highest BCUT2D eigenvalue weighted by molar-refractivity contribution is 5.96. The summed E-state index contributed by atoms with van der Waals surface area (Å²) in [6.07, 6.45) is 3.62. The normalized spacial score (nSPS) is 10.9. The molecule has 0 aliphatic carbocycles. The highest BCUT2D eigenvalue weighted by atomic mass is 16.4. The Labute approximate surface area is 107 Å². The van der Waals surface area contributed by atoms with Crippen molar-refractivity contribution in [1.29, 1.82) is 0 Å². The van der Waals surface area contributed by atoms with Crippen molar-refractivity contribution in [3.8, 4) is 11.1 Å². The molecule has 0 radical (unpaired) electrons. The number of hydrogen-bond donors (Lipinski definition) is 1. The fourth-order valence-electron chi connectivity index (χ4n) is 2.03. The quantitative estimate of drug-likeness (QED) is 0.892.